The highest BCUT2D eigenvalue weighted by molar-refractivity contribution is 6.30. The van der Waals surface area contributed by atoms with Crippen molar-refractivity contribution in [2.24, 2.45) is 5.92 Å². The van der Waals surface area contributed by atoms with Crippen molar-refractivity contribution in [3.63, 3.8) is 0 Å². The van der Waals surface area contributed by atoms with E-state index in [1.54, 1.807) is 0 Å². The molecule has 1 saturated heterocycles. The average molecular weight is 293 g/mol. The summed E-state index contributed by atoms with van der Waals surface area (Å²) in [7, 11) is 0. The Morgan fingerprint density at radius 3 is 2.60 bits per heavy atom. The highest BCUT2D eigenvalue weighted by Gasteiger charge is 2.32. The van der Waals surface area contributed by atoms with Crippen molar-refractivity contribution < 1.29 is 0 Å². The molecule has 2 aliphatic rings. The maximum Gasteiger partial charge on any atom is 0.0406 e. The molecule has 3 rings (SSSR count). The van der Waals surface area contributed by atoms with Crippen LogP contribution in [0.1, 0.15) is 44.1 Å². The number of benzene rings is 1. The third-order valence-corrected chi connectivity index (χ3v) is 5.17. The summed E-state index contributed by atoms with van der Waals surface area (Å²) in [5, 5.41) is 8.32. The van der Waals surface area contributed by atoms with Crippen LogP contribution in [0.3, 0.4) is 0 Å². The van der Waals surface area contributed by atoms with Crippen molar-refractivity contribution in [3.8, 4) is 0 Å². The van der Waals surface area contributed by atoms with E-state index in [1.807, 2.05) is 12.1 Å². The second-order valence-corrected chi connectivity index (χ2v) is 6.70. The molecular weight excluding hydrogens is 268 g/mol. The number of halogens is 1. The minimum Gasteiger partial charge on any atom is -0.314 e. The monoisotopic (exact) mass is 292 g/mol. The van der Waals surface area contributed by atoms with Gasteiger partial charge in [-0.25, -0.2) is 0 Å². The third kappa shape index (κ3) is 3.55. The van der Waals surface area contributed by atoms with Crippen LogP contribution in [-0.2, 0) is 6.54 Å². The largest absolute Gasteiger partial charge is 0.314 e. The van der Waals surface area contributed by atoms with Gasteiger partial charge in [0, 0.05) is 23.7 Å². The Morgan fingerprint density at radius 2 is 1.85 bits per heavy atom. The van der Waals surface area contributed by atoms with Gasteiger partial charge in [-0.15, -0.1) is 0 Å². The van der Waals surface area contributed by atoms with E-state index in [4.69, 9.17) is 11.6 Å². The standard InChI is InChI=1S/C17H25ClN2/c18-14-9-7-13(8-10-14)12-20-17-5-2-1-4-15(17)16-6-3-11-19-16/h7-10,15-17,19-20H,1-6,11-12H2. The number of nitrogens with one attached hydrogen (secondary N) is 2. The van der Waals surface area contributed by atoms with E-state index >= 15 is 0 Å². The van der Waals surface area contributed by atoms with E-state index in [2.05, 4.69) is 22.8 Å². The Morgan fingerprint density at radius 1 is 1.05 bits per heavy atom. The van der Waals surface area contributed by atoms with Gasteiger partial charge >= 0.3 is 0 Å². The Bertz CT molecular complexity index is 412. The van der Waals surface area contributed by atoms with E-state index in [0.717, 1.165) is 23.5 Å². The second kappa shape index (κ2) is 6.93. The molecule has 20 heavy (non-hydrogen) atoms. The van der Waals surface area contributed by atoms with E-state index in [0.29, 0.717) is 6.04 Å². The molecule has 3 atom stereocenters. The lowest BCUT2D eigenvalue weighted by Gasteiger charge is -2.36. The molecule has 0 spiro atoms. The predicted molar refractivity (Wildman–Crippen MR) is 85.1 cm³/mol. The normalized spacial score (nSPS) is 30.6. The van der Waals surface area contributed by atoms with Gasteiger partial charge in [0.2, 0.25) is 0 Å². The van der Waals surface area contributed by atoms with Gasteiger partial charge < -0.3 is 10.6 Å². The molecule has 1 saturated carbocycles. The maximum atomic E-state index is 5.94. The minimum absolute atomic E-state index is 0.676. The van der Waals surface area contributed by atoms with Crippen molar-refractivity contribution in [1.29, 1.82) is 0 Å². The molecule has 1 heterocycles. The van der Waals surface area contributed by atoms with Crippen LogP contribution in [0.2, 0.25) is 5.02 Å². The van der Waals surface area contributed by atoms with Crippen molar-refractivity contribution in [2.45, 2.75) is 57.2 Å². The summed E-state index contributed by atoms with van der Waals surface area (Å²) in [6.07, 6.45) is 8.21. The molecule has 3 heteroatoms. The van der Waals surface area contributed by atoms with Gasteiger partial charge in [0.15, 0.2) is 0 Å². The Labute approximate surface area is 127 Å². The Kier molecular flexibility index (Phi) is 4.98. The van der Waals surface area contributed by atoms with Crippen molar-refractivity contribution in [3.05, 3.63) is 34.9 Å². The zero-order valence-corrected chi connectivity index (χ0v) is 12.8. The first kappa shape index (κ1) is 14.4. The van der Waals surface area contributed by atoms with Gasteiger partial charge in [0.05, 0.1) is 0 Å². The lowest BCUT2D eigenvalue weighted by atomic mass is 9.79. The van der Waals surface area contributed by atoms with Crippen LogP contribution in [0, 0.1) is 5.92 Å². The molecule has 1 aromatic carbocycles. The first-order chi connectivity index (χ1) is 9.83. The molecule has 1 aliphatic heterocycles. The van der Waals surface area contributed by atoms with Crippen LogP contribution in [-0.4, -0.2) is 18.6 Å². The van der Waals surface area contributed by atoms with Crippen LogP contribution >= 0.6 is 11.6 Å². The predicted octanol–water partition coefficient (Wildman–Crippen LogP) is 3.74. The van der Waals surface area contributed by atoms with Crippen LogP contribution in [0.5, 0.6) is 0 Å². The molecule has 2 nitrogen and oxygen atoms in total. The van der Waals surface area contributed by atoms with E-state index < -0.39 is 0 Å². The Hall–Kier alpha value is -0.570. The van der Waals surface area contributed by atoms with Crippen LogP contribution in [0.25, 0.3) is 0 Å². The summed E-state index contributed by atoms with van der Waals surface area (Å²) in [6, 6.07) is 9.64. The van der Waals surface area contributed by atoms with E-state index in [-0.39, 0.29) is 0 Å². The summed E-state index contributed by atoms with van der Waals surface area (Å²) in [5.74, 6) is 0.818. The zero-order valence-electron chi connectivity index (χ0n) is 12.1. The van der Waals surface area contributed by atoms with Crippen molar-refractivity contribution in [1.82, 2.24) is 10.6 Å². The average Bonchev–Trinajstić information content (AvgIpc) is 3.01. The molecule has 1 aromatic rings. The van der Waals surface area contributed by atoms with Crippen LogP contribution in [0.4, 0.5) is 0 Å². The molecule has 0 aromatic heterocycles. The smallest absolute Gasteiger partial charge is 0.0406 e. The van der Waals surface area contributed by atoms with E-state index in [1.165, 1.54) is 50.6 Å². The molecule has 0 radical (unpaired) electrons. The first-order valence-electron chi connectivity index (χ1n) is 8.04. The lowest BCUT2D eigenvalue weighted by molar-refractivity contribution is 0.213. The van der Waals surface area contributed by atoms with Crippen LogP contribution in [0.15, 0.2) is 24.3 Å². The van der Waals surface area contributed by atoms with Crippen molar-refractivity contribution >= 4 is 11.6 Å². The molecule has 0 amide bonds. The SMILES string of the molecule is Clc1ccc(CNC2CCCCC2C2CCCN2)cc1. The second-order valence-electron chi connectivity index (χ2n) is 6.27. The van der Waals surface area contributed by atoms with Gasteiger partial charge in [-0.2, -0.15) is 0 Å². The van der Waals surface area contributed by atoms with Gasteiger partial charge in [0.25, 0.3) is 0 Å². The zero-order chi connectivity index (χ0) is 13.8. The highest BCUT2D eigenvalue weighted by Crippen LogP contribution is 2.30. The number of hydrogen-bond acceptors (Lipinski definition) is 2. The first-order valence-corrected chi connectivity index (χ1v) is 8.42. The van der Waals surface area contributed by atoms with Crippen LogP contribution < -0.4 is 10.6 Å². The fourth-order valence-corrected chi connectivity index (χ4v) is 3.95. The van der Waals surface area contributed by atoms with Crippen molar-refractivity contribution in [2.75, 3.05) is 6.54 Å². The van der Waals surface area contributed by atoms with Gasteiger partial charge in [-0.1, -0.05) is 36.6 Å². The third-order valence-electron chi connectivity index (χ3n) is 4.92. The van der Waals surface area contributed by atoms with Gasteiger partial charge in [-0.05, 0) is 55.8 Å². The fourth-order valence-electron chi connectivity index (χ4n) is 3.82. The summed E-state index contributed by atoms with van der Waals surface area (Å²) in [4.78, 5) is 0. The molecule has 110 valence electrons. The fraction of sp³-hybridized carbons (Fsp3) is 0.647. The summed E-state index contributed by atoms with van der Waals surface area (Å²) in [5.41, 5.74) is 1.33. The quantitative estimate of drug-likeness (QED) is 0.883. The number of hydrogen-bond donors (Lipinski definition) is 2. The van der Waals surface area contributed by atoms with Gasteiger partial charge in [-0.3, -0.25) is 0 Å². The lowest BCUT2D eigenvalue weighted by Crippen LogP contribution is -2.46. The molecule has 1 aliphatic carbocycles. The maximum absolute atomic E-state index is 5.94. The molecule has 0 bridgehead atoms. The summed E-state index contributed by atoms with van der Waals surface area (Å²) >= 11 is 5.94. The van der Waals surface area contributed by atoms with E-state index in [9.17, 15) is 0 Å². The molecular formula is C17H25ClN2. The molecule has 2 N–H and O–H groups in total. The topological polar surface area (TPSA) is 24.1 Å². The summed E-state index contributed by atoms with van der Waals surface area (Å²) in [6.45, 7) is 2.18. The van der Waals surface area contributed by atoms with Gasteiger partial charge in [0.1, 0.15) is 0 Å². The summed E-state index contributed by atoms with van der Waals surface area (Å²) < 4.78 is 0. The molecule has 3 unspecified atom stereocenters. The highest BCUT2D eigenvalue weighted by atomic mass is 35.5. The number of rotatable bonds is 4. The molecule has 2 fully saturated rings. The minimum atomic E-state index is 0.676. The Balaban J connectivity index is 1.57.